The van der Waals surface area contributed by atoms with Gasteiger partial charge in [0, 0.05) is 6.20 Å². The van der Waals surface area contributed by atoms with E-state index in [0.717, 1.165) is 0 Å². The van der Waals surface area contributed by atoms with Gasteiger partial charge in [0.2, 0.25) is 0 Å². The van der Waals surface area contributed by atoms with Gasteiger partial charge in [0.25, 0.3) is 5.88 Å². The monoisotopic (exact) mass is 182 g/mol. The molecule has 4 nitrogen and oxygen atoms in total. The van der Waals surface area contributed by atoms with Crippen LogP contribution in [0, 0.1) is 0 Å². The molecular formula is C9H12NO3. The number of ether oxygens (including phenoxy) is 1. The zero-order valence-electron chi connectivity index (χ0n) is 7.88. The first-order valence-electron chi connectivity index (χ1n) is 3.98. The molecule has 1 rings (SSSR count). The van der Waals surface area contributed by atoms with Crippen molar-refractivity contribution in [3.63, 3.8) is 0 Å². The van der Waals surface area contributed by atoms with Gasteiger partial charge in [-0.2, -0.15) is 0 Å². The second kappa shape index (κ2) is 3.12. The van der Waals surface area contributed by atoms with Crippen LogP contribution in [0.2, 0.25) is 0 Å². The summed E-state index contributed by atoms with van der Waals surface area (Å²) in [6.07, 6.45) is 1.42. The molecule has 1 aromatic rings. The third kappa shape index (κ3) is 2.50. The predicted octanol–water partition coefficient (Wildman–Crippen LogP) is 2.11. The highest BCUT2D eigenvalue weighted by Crippen LogP contribution is 2.18. The molecule has 0 aromatic carbocycles. The molecule has 0 amide bonds. The average molecular weight is 182 g/mol. The fraction of sp³-hybridized carbons (Fsp3) is 0.444. The zero-order chi connectivity index (χ0) is 10.1. The van der Waals surface area contributed by atoms with Gasteiger partial charge < -0.3 is 9.72 Å². The van der Waals surface area contributed by atoms with Gasteiger partial charge in [0.05, 0.1) is 0 Å². The molecule has 1 radical (unpaired) electrons. The zero-order valence-corrected chi connectivity index (χ0v) is 7.88. The first kappa shape index (κ1) is 9.64. The van der Waals surface area contributed by atoms with E-state index in [1.54, 1.807) is 20.8 Å². The molecule has 71 valence electrons. The molecule has 0 spiro atoms. The normalized spacial score (nSPS) is 11.3. The van der Waals surface area contributed by atoms with Crippen molar-refractivity contribution in [3.05, 3.63) is 17.8 Å². The molecule has 0 bridgehead atoms. The number of esters is 1. The topological polar surface area (TPSA) is 62.0 Å². The van der Waals surface area contributed by atoms with Crippen molar-refractivity contribution >= 4 is 5.97 Å². The lowest BCUT2D eigenvalue weighted by Crippen LogP contribution is -2.23. The van der Waals surface area contributed by atoms with Gasteiger partial charge in [-0.25, -0.2) is 4.79 Å². The smallest absolute Gasteiger partial charge is 0.344 e. The molecule has 0 saturated carbocycles. The summed E-state index contributed by atoms with van der Waals surface area (Å²) in [6.45, 7) is 5.26. The number of nitrogens with one attached hydrogen (secondary N) is 1. The molecule has 0 unspecified atom stereocenters. The van der Waals surface area contributed by atoms with Crippen LogP contribution in [0.15, 0.2) is 12.3 Å². The van der Waals surface area contributed by atoms with Crippen molar-refractivity contribution in [1.29, 1.82) is 0 Å². The van der Waals surface area contributed by atoms with Crippen LogP contribution in [-0.2, 0) is 9.84 Å². The standard InChI is InChI=1S/C9H12NO3/c1-9(2,3)13-8(12)6-4-5-10-7(6)11/h4-5,10H,1-3H3. The highest BCUT2D eigenvalue weighted by atomic mass is 16.6. The number of aromatic nitrogens is 1. The minimum atomic E-state index is -0.584. The molecule has 0 aliphatic carbocycles. The summed E-state index contributed by atoms with van der Waals surface area (Å²) in [4.78, 5) is 13.7. The maximum Gasteiger partial charge on any atom is 0.344 e. The molecule has 4 heteroatoms. The van der Waals surface area contributed by atoms with Crippen LogP contribution in [0.25, 0.3) is 0 Å². The van der Waals surface area contributed by atoms with E-state index in [2.05, 4.69) is 4.98 Å². The number of aromatic amines is 1. The Morgan fingerprint density at radius 3 is 2.46 bits per heavy atom. The highest BCUT2D eigenvalue weighted by Gasteiger charge is 2.21. The summed E-state index contributed by atoms with van der Waals surface area (Å²) in [5.74, 6) is -0.993. The van der Waals surface area contributed by atoms with Crippen LogP contribution >= 0.6 is 0 Å². The van der Waals surface area contributed by atoms with E-state index in [-0.39, 0.29) is 5.56 Å². The highest BCUT2D eigenvalue weighted by molar-refractivity contribution is 5.92. The largest absolute Gasteiger partial charge is 0.456 e. The molecule has 0 fully saturated rings. The Morgan fingerprint density at radius 2 is 2.08 bits per heavy atom. The van der Waals surface area contributed by atoms with Crippen LogP contribution in [-0.4, -0.2) is 16.6 Å². The molecule has 1 N–H and O–H groups in total. The van der Waals surface area contributed by atoms with Crippen molar-refractivity contribution in [2.75, 3.05) is 0 Å². The minimum Gasteiger partial charge on any atom is -0.456 e. The molecule has 1 heterocycles. The summed E-state index contributed by atoms with van der Waals surface area (Å²) in [5, 5.41) is 11.0. The van der Waals surface area contributed by atoms with Gasteiger partial charge in [-0.15, -0.1) is 0 Å². The lowest BCUT2D eigenvalue weighted by atomic mass is 10.2. The van der Waals surface area contributed by atoms with Crippen molar-refractivity contribution in [2.24, 2.45) is 0 Å². The van der Waals surface area contributed by atoms with Gasteiger partial charge >= 0.3 is 5.97 Å². The Labute approximate surface area is 76.5 Å². The lowest BCUT2D eigenvalue weighted by molar-refractivity contribution is 0.00654. The number of carbonyl (C=O) groups excluding carboxylic acids is 1. The van der Waals surface area contributed by atoms with E-state index in [1.807, 2.05) is 0 Å². The summed E-state index contributed by atoms with van der Waals surface area (Å²) in [7, 11) is 0. The first-order valence-corrected chi connectivity index (χ1v) is 3.98. The van der Waals surface area contributed by atoms with Crippen molar-refractivity contribution in [1.82, 2.24) is 4.98 Å². The number of hydrogen-bond donors (Lipinski definition) is 1. The van der Waals surface area contributed by atoms with Crippen molar-refractivity contribution in [2.45, 2.75) is 26.4 Å². The number of carbonyl (C=O) groups is 1. The van der Waals surface area contributed by atoms with Crippen molar-refractivity contribution in [3.8, 4) is 5.88 Å². The van der Waals surface area contributed by atoms with Crippen LogP contribution in [0.5, 0.6) is 5.88 Å². The van der Waals surface area contributed by atoms with Crippen LogP contribution in [0.4, 0.5) is 0 Å². The Kier molecular flexibility index (Phi) is 2.32. The summed E-state index contributed by atoms with van der Waals surface area (Å²) < 4.78 is 5.00. The molecule has 1 aromatic heterocycles. The second-order valence-corrected chi connectivity index (χ2v) is 3.72. The third-order valence-electron chi connectivity index (χ3n) is 1.33. The molecule has 13 heavy (non-hydrogen) atoms. The maximum atomic E-state index is 11.3. The Balaban J connectivity index is 2.76. The summed E-state index contributed by atoms with van der Waals surface area (Å²) in [5.41, 5.74) is -0.518. The Hall–Kier alpha value is -1.45. The molecule has 0 aliphatic rings. The van der Waals surface area contributed by atoms with Crippen LogP contribution in [0.1, 0.15) is 31.1 Å². The molecule has 0 aliphatic heterocycles. The fourth-order valence-corrected chi connectivity index (χ4v) is 0.848. The third-order valence-corrected chi connectivity index (χ3v) is 1.33. The average Bonchev–Trinajstić information content (AvgIpc) is 2.30. The molecular weight excluding hydrogens is 170 g/mol. The summed E-state index contributed by atoms with van der Waals surface area (Å²) >= 11 is 0. The summed E-state index contributed by atoms with van der Waals surface area (Å²) in [6, 6.07) is 1.41. The van der Waals surface area contributed by atoms with Crippen LogP contribution < -0.4 is 0 Å². The molecule has 0 saturated heterocycles. The lowest BCUT2D eigenvalue weighted by Gasteiger charge is -2.18. The van der Waals surface area contributed by atoms with E-state index >= 15 is 0 Å². The minimum absolute atomic E-state index is 0.0509. The number of hydrogen-bond acceptors (Lipinski definition) is 2. The van der Waals surface area contributed by atoms with Gasteiger partial charge in [-0.1, -0.05) is 0 Å². The fourth-order valence-electron chi connectivity index (χ4n) is 0.848. The van der Waals surface area contributed by atoms with E-state index < -0.39 is 17.5 Å². The Morgan fingerprint density at radius 1 is 1.46 bits per heavy atom. The van der Waals surface area contributed by atoms with E-state index in [4.69, 9.17) is 4.74 Å². The second-order valence-electron chi connectivity index (χ2n) is 3.72. The van der Waals surface area contributed by atoms with E-state index in [1.165, 1.54) is 12.3 Å². The van der Waals surface area contributed by atoms with Gasteiger partial charge in [0.15, 0.2) is 0 Å². The van der Waals surface area contributed by atoms with E-state index in [9.17, 15) is 9.90 Å². The SMILES string of the molecule is CC(C)(C)OC(=O)c1cc[nH]c1[O]. The van der Waals surface area contributed by atoms with Gasteiger partial charge in [-0.05, 0) is 26.8 Å². The van der Waals surface area contributed by atoms with E-state index in [0.29, 0.717) is 0 Å². The first-order chi connectivity index (χ1) is 5.90. The van der Waals surface area contributed by atoms with Crippen molar-refractivity contribution < 1.29 is 14.6 Å². The predicted molar refractivity (Wildman–Crippen MR) is 46.1 cm³/mol. The van der Waals surface area contributed by atoms with Gasteiger partial charge in [0.1, 0.15) is 11.2 Å². The quantitative estimate of drug-likeness (QED) is 0.676. The number of rotatable bonds is 1. The number of H-pyrrole nitrogens is 1. The van der Waals surface area contributed by atoms with Gasteiger partial charge in [-0.3, -0.25) is 5.11 Å². The Bertz CT molecular complexity index is 309. The van der Waals surface area contributed by atoms with Crippen LogP contribution in [0.3, 0.4) is 0 Å². The maximum absolute atomic E-state index is 11.3. The molecule has 0 atom stereocenters.